The summed E-state index contributed by atoms with van der Waals surface area (Å²) in [5, 5.41) is 19.4. The smallest absolute Gasteiger partial charge is 0.323 e. The Kier molecular flexibility index (Phi) is 9.99. The Balaban J connectivity index is 1.39. The molecular weight excluding hydrogens is 506 g/mol. The maximum absolute atomic E-state index is 11.5. The summed E-state index contributed by atoms with van der Waals surface area (Å²) in [6.07, 6.45) is 8.78. The van der Waals surface area contributed by atoms with E-state index in [1.165, 1.54) is 0 Å². The van der Waals surface area contributed by atoms with Crippen LogP contribution in [0.4, 0.5) is 0 Å². The van der Waals surface area contributed by atoms with Gasteiger partial charge in [0.1, 0.15) is 18.0 Å². The zero-order valence-corrected chi connectivity index (χ0v) is 22.7. The fraction of sp³-hybridized carbons (Fsp3) is 0.273. The van der Waals surface area contributed by atoms with Gasteiger partial charge in [-0.3, -0.25) is 9.59 Å². The van der Waals surface area contributed by atoms with Gasteiger partial charge >= 0.3 is 11.9 Å². The number of para-hydroxylation sites is 2. The summed E-state index contributed by atoms with van der Waals surface area (Å²) in [5.41, 5.74) is 4.74. The van der Waals surface area contributed by atoms with Gasteiger partial charge in [0.25, 0.3) is 0 Å². The number of rotatable bonds is 15. The number of aryl methyl sites for hydroxylation is 2. The molecule has 0 fully saturated rings. The number of carboxylic acid groups (broad SMARTS) is 2. The van der Waals surface area contributed by atoms with Gasteiger partial charge in [0.15, 0.2) is 0 Å². The van der Waals surface area contributed by atoms with Gasteiger partial charge in [-0.25, -0.2) is 0 Å². The Morgan fingerprint density at radius 3 is 2.35 bits per heavy atom. The van der Waals surface area contributed by atoms with Gasteiger partial charge in [-0.05, 0) is 79.1 Å². The van der Waals surface area contributed by atoms with Crippen molar-refractivity contribution < 1.29 is 29.3 Å². The Morgan fingerprint density at radius 1 is 0.850 bits per heavy atom. The van der Waals surface area contributed by atoms with Crippen LogP contribution in [0.25, 0.3) is 23.1 Å². The molecule has 0 radical (unpaired) electrons. The molecule has 0 amide bonds. The fourth-order valence-electron chi connectivity index (χ4n) is 4.71. The van der Waals surface area contributed by atoms with E-state index in [1.807, 2.05) is 85.9 Å². The standard InChI is InChI=1S/C33H35NO6/c1-24-21-25(16-18-30(24)40-20-6-5-19-39-28-11-3-2-4-12-28)15-17-26-9-7-13-29-27(10-8-14-31(35)36)22-34(33(26)29)23-32(37)38/h2-4,7,9,11-13,15-18,21-22H,5-6,8,10,14,19-20,23H2,1H3,(H,35,36)(H,37,38). The quantitative estimate of drug-likeness (QED) is 0.126. The lowest BCUT2D eigenvalue weighted by molar-refractivity contribution is -0.138. The van der Waals surface area contributed by atoms with Crippen LogP contribution in [0.5, 0.6) is 11.5 Å². The van der Waals surface area contributed by atoms with Crippen molar-refractivity contribution in [2.45, 2.75) is 45.6 Å². The first-order chi connectivity index (χ1) is 19.4. The van der Waals surface area contributed by atoms with E-state index in [2.05, 4.69) is 6.07 Å². The molecule has 1 heterocycles. The number of hydrogen-bond donors (Lipinski definition) is 2. The first-order valence-electron chi connectivity index (χ1n) is 13.5. The minimum atomic E-state index is -0.928. The summed E-state index contributed by atoms with van der Waals surface area (Å²) >= 11 is 0. The number of nitrogens with zero attached hydrogens (tertiary/aromatic N) is 1. The van der Waals surface area contributed by atoms with Crippen LogP contribution in [-0.4, -0.2) is 39.9 Å². The van der Waals surface area contributed by atoms with Crippen LogP contribution in [0, 0.1) is 6.92 Å². The van der Waals surface area contributed by atoms with Gasteiger partial charge in [0, 0.05) is 18.0 Å². The lowest BCUT2D eigenvalue weighted by atomic mass is 10.0. The van der Waals surface area contributed by atoms with Crippen LogP contribution in [0.3, 0.4) is 0 Å². The van der Waals surface area contributed by atoms with Gasteiger partial charge in [0.2, 0.25) is 0 Å². The summed E-state index contributed by atoms with van der Waals surface area (Å²) < 4.78 is 13.5. The topological polar surface area (TPSA) is 98.0 Å². The molecule has 40 heavy (non-hydrogen) atoms. The molecule has 0 saturated carbocycles. The van der Waals surface area contributed by atoms with Crippen LogP contribution in [0.1, 0.15) is 47.9 Å². The van der Waals surface area contributed by atoms with E-state index in [0.717, 1.165) is 57.5 Å². The number of ether oxygens (including phenoxy) is 2. The van der Waals surface area contributed by atoms with Gasteiger partial charge in [-0.15, -0.1) is 0 Å². The summed E-state index contributed by atoms with van der Waals surface area (Å²) in [5.74, 6) is -0.0317. The van der Waals surface area contributed by atoms with E-state index >= 15 is 0 Å². The highest BCUT2D eigenvalue weighted by Gasteiger charge is 2.13. The van der Waals surface area contributed by atoms with Crippen LogP contribution in [0.15, 0.2) is 72.9 Å². The van der Waals surface area contributed by atoms with Gasteiger partial charge in [-0.1, -0.05) is 54.6 Å². The Bertz CT molecular complexity index is 1470. The zero-order valence-electron chi connectivity index (χ0n) is 22.7. The van der Waals surface area contributed by atoms with Gasteiger partial charge in [0.05, 0.1) is 18.7 Å². The lowest BCUT2D eigenvalue weighted by Crippen LogP contribution is -2.07. The molecule has 0 bridgehead atoms. The second-order valence-corrected chi connectivity index (χ2v) is 9.74. The molecule has 0 saturated heterocycles. The van der Waals surface area contributed by atoms with Crippen molar-refractivity contribution in [2.24, 2.45) is 0 Å². The zero-order chi connectivity index (χ0) is 28.3. The first kappa shape index (κ1) is 28.5. The summed E-state index contributed by atoms with van der Waals surface area (Å²) in [7, 11) is 0. The van der Waals surface area contributed by atoms with E-state index < -0.39 is 11.9 Å². The third kappa shape index (κ3) is 7.99. The van der Waals surface area contributed by atoms with Crippen molar-refractivity contribution in [3.8, 4) is 11.5 Å². The molecule has 2 N–H and O–H groups in total. The number of aromatic nitrogens is 1. The van der Waals surface area contributed by atoms with Crippen molar-refractivity contribution in [1.29, 1.82) is 0 Å². The van der Waals surface area contributed by atoms with Crippen LogP contribution in [0.2, 0.25) is 0 Å². The molecule has 7 nitrogen and oxygen atoms in total. The number of hydrogen-bond acceptors (Lipinski definition) is 4. The SMILES string of the molecule is Cc1cc(C=Cc2cccc3c(CCCC(=O)O)cn(CC(=O)O)c23)ccc1OCCCCOc1ccccc1. The number of fused-ring (bicyclic) bond motifs is 1. The monoisotopic (exact) mass is 541 g/mol. The molecule has 7 heteroatoms. The Hall–Kier alpha value is -4.52. The first-order valence-corrected chi connectivity index (χ1v) is 13.5. The Labute approximate surface area is 234 Å². The predicted octanol–water partition coefficient (Wildman–Crippen LogP) is 6.85. The van der Waals surface area contributed by atoms with Crippen molar-refractivity contribution in [2.75, 3.05) is 13.2 Å². The van der Waals surface area contributed by atoms with E-state index in [9.17, 15) is 14.7 Å². The van der Waals surface area contributed by atoms with Crippen molar-refractivity contribution in [1.82, 2.24) is 4.57 Å². The average Bonchev–Trinajstić information content (AvgIpc) is 3.27. The van der Waals surface area contributed by atoms with Gasteiger partial charge < -0.3 is 24.3 Å². The molecule has 0 atom stereocenters. The molecule has 4 rings (SSSR count). The van der Waals surface area contributed by atoms with Gasteiger partial charge in [-0.2, -0.15) is 0 Å². The molecule has 0 aliphatic rings. The lowest BCUT2D eigenvalue weighted by Gasteiger charge is -2.10. The third-order valence-electron chi connectivity index (χ3n) is 6.62. The third-order valence-corrected chi connectivity index (χ3v) is 6.62. The van der Waals surface area contributed by atoms with Crippen molar-refractivity contribution in [3.63, 3.8) is 0 Å². The second-order valence-electron chi connectivity index (χ2n) is 9.74. The minimum absolute atomic E-state index is 0.0763. The van der Waals surface area contributed by atoms with Crippen LogP contribution >= 0.6 is 0 Å². The Morgan fingerprint density at radius 2 is 1.62 bits per heavy atom. The van der Waals surface area contributed by atoms with E-state index in [1.54, 1.807) is 4.57 Å². The maximum atomic E-state index is 11.5. The highest BCUT2D eigenvalue weighted by atomic mass is 16.5. The number of unbranched alkanes of at least 4 members (excludes halogenated alkanes) is 1. The summed E-state index contributed by atoms with van der Waals surface area (Å²) in [6, 6.07) is 21.7. The number of carbonyl (C=O) groups is 2. The molecule has 0 spiro atoms. The number of aliphatic carboxylic acids is 2. The van der Waals surface area contributed by atoms with E-state index in [-0.39, 0.29) is 13.0 Å². The average molecular weight is 542 g/mol. The minimum Gasteiger partial charge on any atom is -0.494 e. The molecule has 3 aromatic carbocycles. The maximum Gasteiger partial charge on any atom is 0.323 e. The van der Waals surface area contributed by atoms with Crippen molar-refractivity contribution in [3.05, 3.63) is 95.2 Å². The molecule has 0 aliphatic heterocycles. The van der Waals surface area contributed by atoms with Crippen molar-refractivity contribution >= 4 is 35.0 Å². The molecule has 4 aromatic rings. The molecule has 0 aliphatic carbocycles. The largest absolute Gasteiger partial charge is 0.494 e. The fourth-order valence-corrected chi connectivity index (χ4v) is 4.71. The highest BCUT2D eigenvalue weighted by molar-refractivity contribution is 5.94. The van der Waals surface area contributed by atoms with Crippen LogP contribution in [-0.2, 0) is 22.6 Å². The van der Waals surface area contributed by atoms with Crippen LogP contribution < -0.4 is 9.47 Å². The number of carboxylic acids is 2. The predicted molar refractivity (Wildman–Crippen MR) is 157 cm³/mol. The molecule has 0 unspecified atom stereocenters. The molecular formula is C33H35NO6. The summed E-state index contributed by atoms with van der Waals surface area (Å²) in [4.78, 5) is 22.5. The van der Waals surface area contributed by atoms with E-state index in [4.69, 9.17) is 14.6 Å². The normalized spacial score (nSPS) is 11.2. The second kappa shape index (κ2) is 14.0. The number of benzene rings is 3. The molecule has 208 valence electrons. The molecule has 1 aromatic heterocycles. The van der Waals surface area contributed by atoms with E-state index in [0.29, 0.717) is 26.1 Å². The summed E-state index contributed by atoms with van der Waals surface area (Å²) in [6.45, 7) is 3.13. The highest BCUT2D eigenvalue weighted by Crippen LogP contribution is 2.28.